The van der Waals surface area contributed by atoms with Gasteiger partial charge in [0, 0.05) is 36.6 Å². The molecule has 1 saturated heterocycles. The number of nitrogens with one attached hydrogen (secondary N) is 1. The van der Waals surface area contributed by atoms with Crippen molar-refractivity contribution in [2.75, 3.05) is 12.4 Å². The first kappa shape index (κ1) is 14.3. The van der Waals surface area contributed by atoms with Crippen LogP contribution in [0.25, 0.3) is 10.9 Å². The summed E-state index contributed by atoms with van der Waals surface area (Å²) < 4.78 is 0. The number of para-hydroxylation sites is 1. The van der Waals surface area contributed by atoms with E-state index in [0.29, 0.717) is 12.1 Å². The van der Waals surface area contributed by atoms with Crippen LogP contribution in [0.4, 0.5) is 5.82 Å². The van der Waals surface area contributed by atoms with Gasteiger partial charge in [-0.05, 0) is 38.8 Å². The van der Waals surface area contributed by atoms with Crippen molar-refractivity contribution in [3.8, 4) is 0 Å². The highest BCUT2D eigenvalue weighted by atomic mass is 15.2. The summed E-state index contributed by atoms with van der Waals surface area (Å²) in [6.45, 7) is 5.68. The zero-order chi connectivity index (χ0) is 14.8. The average molecular weight is 283 g/mol. The Labute approximate surface area is 127 Å². The van der Waals surface area contributed by atoms with E-state index in [9.17, 15) is 0 Å². The SMILES string of the molecule is CNc1nc2ccccc2cc1CN1C(C)CCCC1C. The molecule has 2 aromatic rings. The Hall–Kier alpha value is -1.61. The molecule has 3 heteroatoms. The quantitative estimate of drug-likeness (QED) is 0.921. The monoisotopic (exact) mass is 283 g/mol. The summed E-state index contributed by atoms with van der Waals surface area (Å²) in [5, 5.41) is 4.49. The first-order chi connectivity index (χ1) is 10.2. The molecule has 1 aromatic heterocycles. The van der Waals surface area contributed by atoms with Gasteiger partial charge in [-0.3, -0.25) is 4.90 Å². The fourth-order valence-electron chi connectivity index (χ4n) is 3.48. The highest BCUT2D eigenvalue weighted by Crippen LogP contribution is 2.28. The molecule has 0 spiro atoms. The zero-order valence-corrected chi connectivity index (χ0v) is 13.3. The van der Waals surface area contributed by atoms with Gasteiger partial charge in [-0.1, -0.05) is 24.6 Å². The minimum absolute atomic E-state index is 0.657. The number of likely N-dealkylation sites (tertiary alicyclic amines) is 1. The number of benzene rings is 1. The van der Waals surface area contributed by atoms with Crippen LogP contribution in [0, 0.1) is 0 Å². The molecule has 0 radical (unpaired) electrons. The lowest BCUT2D eigenvalue weighted by Gasteiger charge is -2.39. The van der Waals surface area contributed by atoms with E-state index in [2.05, 4.69) is 48.3 Å². The number of pyridine rings is 1. The number of nitrogens with zero attached hydrogens (tertiary/aromatic N) is 2. The maximum atomic E-state index is 4.77. The smallest absolute Gasteiger partial charge is 0.130 e. The Morgan fingerprint density at radius 3 is 2.62 bits per heavy atom. The summed E-state index contributed by atoms with van der Waals surface area (Å²) in [4.78, 5) is 7.39. The Morgan fingerprint density at radius 2 is 1.90 bits per heavy atom. The number of rotatable bonds is 3. The molecule has 1 aliphatic heterocycles. The van der Waals surface area contributed by atoms with Gasteiger partial charge < -0.3 is 5.32 Å². The van der Waals surface area contributed by atoms with E-state index in [1.807, 2.05) is 13.1 Å². The molecular formula is C18H25N3. The van der Waals surface area contributed by atoms with Gasteiger partial charge in [0.1, 0.15) is 5.82 Å². The summed E-state index contributed by atoms with van der Waals surface area (Å²) in [5.74, 6) is 1.01. The van der Waals surface area contributed by atoms with E-state index in [-0.39, 0.29) is 0 Å². The van der Waals surface area contributed by atoms with E-state index in [4.69, 9.17) is 4.98 Å². The van der Waals surface area contributed by atoms with Gasteiger partial charge in [-0.2, -0.15) is 0 Å². The third-order valence-electron chi connectivity index (χ3n) is 4.77. The van der Waals surface area contributed by atoms with E-state index in [0.717, 1.165) is 17.9 Å². The minimum atomic E-state index is 0.657. The van der Waals surface area contributed by atoms with Crippen LogP contribution in [0.3, 0.4) is 0 Å². The van der Waals surface area contributed by atoms with E-state index in [1.54, 1.807) is 0 Å². The summed E-state index contributed by atoms with van der Waals surface area (Å²) in [5.41, 5.74) is 2.36. The third-order valence-corrected chi connectivity index (χ3v) is 4.77. The molecule has 0 bridgehead atoms. The molecule has 0 saturated carbocycles. The van der Waals surface area contributed by atoms with Crippen LogP contribution in [0.2, 0.25) is 0 Å². The molecule has 1 aliphatic rings. The lowest BCUT2D eigenvalue weighted by Crippen LogP contribution is -2.43. The van der Waals surface area contributed by atoms with Gasteiger partial charge in [0.2, 0.25) is 0 Å². The van der Waals surface area contributed by atoms with Crippen molar-refractivity contribution in [3.05, 3.63) is 35.9 Å². The van der Waals surface area contributed by atoms with Crippen LogP contribution in [0.5, 0.6) is 0 Å². The van der Waals surface area contributed by atoms with Crippen LogP contribution < -0.4 is 5.32 Å². The Bertz CT molecular complexity index is 613. The van der Waals surface area contributed by atoms with E-state index >= 15 is 0 Å². The Morgan fingerprint density at radius 1 is 1.19 bits per heavy atom. The van der Waals surface area contributed by atoms with Gasteiger partial charge in [0.05, 0.1) is 5.52 Å². The molecule has 1 fully saturated rings. The third kappa shape index (κ3) is 2.88. The molecule has 2 unspecified atom stereocenters. The van der Waals surface area contributed by atoms with Gasteiger partial charge in [0.15, 0.2) is 0 Å². The topological polar surface area (TPSA) is 28.2 Å². The molecule has 21 heavy (non-hydrogen) atoms. The number of fused-ring (bicyclic) bond motifs is 1. The molecule has 3 rings (SSSR count). The van der Waals surface area contributed by atoms with Crippen molar-refractivity contribution < 1.29 is 0 Å². The van der Waals surface area contributed by atoms with E-state index in [1.165, 1.54) is 30.2 Å². The molecule has 1 aromatic carbocycles. The molecule has 0 amide bonds. The van der Waals surface area contributed by atoms with Gasteiger partial charge in [-0.15, -0.1) is 0 Å². The van der Waals surface area contributed by atoms with Gasteiger partial charge >= 0.3 is 0 Å². The average Bonchev–Trinajstić information content (AvgIpc) is 2.50. The predicted molar refractivity (Wildman–Crippen MR) is 89.6 cm³/mol. The highest BCUT2D eigenvalue weighted by Gasteiger charge is 2.25. The second-order valence-electron chi connectivity index (χ2n) is 6.24. The first-order valence-corrected chi connectivity index (χ1v) is 8.01. The van der Waals surface area contributed by atoms with Crippen LogP contribution >= 0.6 is 0 Å². The van der Waals surface area contributed by atoms with Crippen molar-refractivity contribution in [2.24, 2.45) is 0 Å². The van der Waals surface area contributed by atoms with Crippen molar-refractivity contribution in [1.29, 1.82) is 0 Å². The predicted octanol–water partition coefficient (Wildman–Crippen LogP) is 4.04. The number of hydrogen-bond donors (Lipinski definition) is 1. The normalized spacial score (nSPS) is 23.4. The van der Waals surface area contributed by atoms with Gasteiger partial charge in [0.25, 0.3) is 0 Å². The van der Waals surface area contributed by atoms with Crippen molar-refractivity contribution in [1.82, 2.24) is 9.88 Å². The Kier molecular flexibility index (Phi) is 4.11. The molecule has 2 atom stereocenters. The lowest BCUT2D eigenvalue weighted by molar-refractivity contribution is 0.0954. The van der Waals surface area contributed by atoms with Crippen LogP contribution in [0.15, 0.2) is 30.3 Å². The maximum Gasteiger partial charge on any atom is 0.130 e. The van der Waals surface area contributed by atoms with Crippen molar-refractivity contribution in [2.45, 2.75) is 51.7 Å². The Balaban J connectivity index is 1.95. The van der Waals surface area contributed by atoms with Crippen molar-refractivity contribution >= 4 is 16.7 Å². The lowest BCUT2D eigenvalue weighted by atomic mass is 9.96. The van der Waals surface area contributed by atoms with Gasteiger partial charge in [-0.25, -0.2) is 4.98 Å². The van der Waals surface area contributed by atoms with Crippen molar-refractivity contribution in [3.63, 3.8) is 0 Å². The fourth-order valence-corrected chi connectivity index (χ4v) is 3.48. The summed E-state index contributed by atoms with van der Waals surface area (Å²) in [7, 11) is 1.96. The van der Waals surface area contributed by atoms with Crippen LogP contribution in [-0.2, 0) is 6.54 Å². The number of piperidine rings is 1. The number of hydrogen-bond acceptors (Lipinski definition) is 3. The molecular weight excluding hydrogens is 258 g/mol. The fraction of sp³-hybridized carbons (Fsp3) is 0.500. The van der Waals surface area contributed by atoms with Crippen LogP contribution in [0.1, 0.15) is 38.7 Å². The minimum Gasteiger partial charge on any atom is -0.373 e. The number of aromatic nitrogens is 1. The molecule has 0 aliphatic carbocycles. The summed E-state index contributed by atoms with van der Waals surface area (Å²) in [6, 6.07) is 12.0. The number of anilines is 1. The highest BCUT2D eigenvalue weighted by molar-refractivity contribution is 5.81. The standard InChI is InChI=1S/C18H25N3/c1-13-7-6-8-14(2)21(13)12-16-11-15-9-4-5-10-17(15)20-18(16)19-3/h4-5,9-11,13-14H,6-8,12H2,1-3H3,(H,19,20). The summed E-state index contributed by atoms with van der Waals surface area (Å²) >= 11 is 0. The second-order valence-corrected chi connectivity index (χ2v) is 6.24. The zero-order valence-electron chi connectivity index (χ0n) is 13.3. The molecule has 2 heterocycles. The van der Waals surface area contributed by atoms with Crippen LogP contribution in [-0.4, -0.2) is 29.0 Å². The molecule has 112 valence electrons. The molecule has 3 nitrogen and oxygen atoms in total. The summed E-state index contributed by atoms with van der Waals surface area (Å²) in [6.07, 6.45) is 3.97. The largest absolute Gasteiger partial charge is 0.373 e. The first-order valence-electron chi connectivity index (χ1n) is 8.01. The second kappa shape index (κ2) is 6.02. The molecule has 1 N–H and O–H groups in total. The maximum absolute atomic E-state index is 4.77. The van der Waals surface area contributed by atoms with E-state index < -0.39 is 0 Å².